The summed E-state index contributed by atoms with van der Waals surface area (Å²) in [4.78, 5) is 13.9. The van der Waals surface area contributed by atoms with Crippen molar-refractivity contribution in [3.05, 3.63) is 29.0 Å². The van der Waals surface area contributed by atoms with Crippen molar-refractivity contribution >= 4 is 23.2 Å². The van der Waals surface area contributed by atoms with Crippen molar-refractivity contribution in [3.63, 3.8) is 0 Å². The Labute approximate surface area is 122 Å². The van der Waals surface area contributed by atoms with Crippen LogP contribution in [0.4, 0.5) is 10.1 Å². The number of piperidine rings is 1. The third-order valence-corrected chi connectivity index (χ3v) is 3.67. The number of aliphatic hydroxyl groups is 1. The van der Waals surface area contributed by atoms with Gasteiger partial charge in [-0.05, 0) is 43.5 Å². The van der Waals surface area contributed by atoms with Crippen molar-refractivity contribution in [3.8, 4) is 0 Å². The molecule has 1 aliphatic heterocycles. The van der Waals surface area contributed by atoms with Crippen LogP contribution >= 0.6 is 11.6 Å². The Kier molecular flexibility index (Phi) is 5.34. The predicted octanol–water partition coefficient (Wildman–Crippen LogP) is 2.12. The number of hydrogen-bond acceptors (Lipinski definition) is 3. The number of anilines is 1. The number of nitrogens with one attached hydrogen (secondary N) is 1. The first-order valence-corrected chi connectivity index (χ1v) is 7.04. The van der Waals surface area contributed by atoms with Gasteiger partial charge in [0.2, 0.25) is 5.91 Å². The molecular formula is C14H18ClFN2O2. The number of carbonyl (C=O) groups is 1. The predicted molar refractivity (Wildman–Crippen MR) is 76.3 cm³/mol. The topological polar surface area (TPSA) is 52.6 Å². The number of carbonyl (C=O) groups excluding carboxylic acids is 1. The molecule has 0 aromatic heterocycles. The van der Waals surface area contributed by atoms with Gasteiger partial charge in [-0.1, -0.05) is 11.6 Å². The number of likely N-dealkylation sites (tertiary alicyclic amines) is 1. The van der Waals surface area contributed by atoms with Crippen LogP contribution in [0.3, 0.4) is 0 Å². The van der Waals surface area contributed by atoms with E-state index in [1.54, 1.807) is 0 Å². The van der Waals surface area contributed by atoms with Gasteiger partial charge >= 0.3 is 0 Å². The fourth-order valence-corrected chi connectivity index (χ4v) is 2.59. The number of nitrogens with zero attached hydrogens (tertiary/aromatic N) is 1. The molecule has 4 nitrogen and oxygen atoms in total. The number of benzene rings is 1. The van der Waals surface area contributed by atoms with E-state index in [-0.39, 0.29) is 30.7 Å². The standard InChI is InChI=1S/C14H18ClFN2O2/c15-11-3-4-13(12(16)6-11)17-14(20)8-18-5-1-2-10(7-18)9-19/h3-4,6,10,19H,1-2,5,7-9H2,(H,17,20). The maximum atomic E-state index is 13.6. The van der Waals surface area contributed by atoms with Crippen LogP contribution in [0.15, 0.2) is 18.2 Å². The van der Waals surface area contributed by atoms with Crippen LogP contribution in [0.1, 0.15) is 12.8 Å². The maximum absolute atomic E-state index is 13.6. The number of rotatable bonds is 4. The zero-order valence-electron chi connectivity index (χ0n) is 11.1. The Balaban J connectivity index is 1.88. The van der Waals surface area contributed by atoms with Crippen LogP contribution in [0.2, 0.25) is 5.02 Å². The molecule has 0 radical (unpaired) electrons. The molecule has 1 heterocycles. The van der Waals surface area contributed by atoms with Crippen LogP contribution in [0, 0.1) is 11.7 Å². The molecule has 1 fully saturated rings. The molecular weight excluding hydrogens is 283 g/mol. The summed E-state index contributed by atoms with van der Waals surface area (Å²) < 4.78 is 13.6. The van der Waals surface area contributed by atoms with E-state index in [4.69, 9.17) is 16.7 Å². The number of halogens is 2. The zero-order valence-corrected chi connectivity index (χ0v) is 11.9. The van der Waals surface area contributed by atoms with Gasteiger partial charge in [-0.2, -0.15) is 0 Å². The third-order valence-electron chi connectivity index (χ3n) is 3.43. The minimum Gasteiger partial charge on any atom is -0.396 e. The van der Waals surface area contributed by atoms with Gasteiger partial charge in [0.15, 0.2) is 0 Å². The van der Waals surface area contributed by atoms with Gasteiger partial charge in [0.1, 0.15) is 5.82 Å². The molecule has 6 heteroatoms. The SMILES string of the molecule is O=C(CN1CCCC(CO)C1)Nc1ccc(Cl)cc1F. The largest absolute Gasteiger partial charge is 0.396 e. The van der Waals surface area contributed by atoms with E-state index in [9.17, 15) is 9.18 Å². The van der Waals surface area contributed by atoms with Crippen molar-refractivity contribution in [1.29, 1.82) is 0 Å². The molecule has 2 N–H and O–H groups in total. The molecule has 0 saturated carbocycles. The van der Waals surface area contributed by atoms with Gasteiger partial charge in [0.05, 0.1) is 12.2 Å². The second-order valence-electron chi connectivity index (χ2n) is 5.10. The molecule has 1 aromatic rings. The molecule has 0 bridgehead atoms. The lowest BCUT2D eigenvalue weighted by atomic mass is 9.99. The van der Waals surface area contributed by atoms with E-state index in [1.807, 2.05) is 4.90 Å². The average molecular weight is 301 g/mol. The highest BCUT2D eigenvalue weighted by Gasteiger charge is 2.21. The van der Waals surface area contributed by atoms with Crippen molar-refractivity contribution in [1.82, 2.24) is 4.90 Å². The first-order chi connectivity index (χ1) is 9.58. The Morgan fingerprint density at radius 3 is 3.05 bits per heavy atom. The van der Waals surface area contributed by atoms with Crippen LogP contribution in [-0.4, -0.2) is 42.2 Å². The van der Waals surface area contributed by atoms with Crippen molar-refractivity contribution in [2.24, 2.45) is 5.92 Å². The fourth-order valence-electron chi connectivity index (χ4n) is 2.43. The third kappa shape index (κ3) is 4.16. The van der Waals surface area contributed by atoms with Crippen LogP contribution in [0.25, 0.3) is 0 Å². The quantitative estimate of drug-likeness (QED) is 0.895. The van der Waals surface area contributed by atoms with Crippen LogP contribution in [0.5, 0.6) is 0 Å². The fraction of sp³-hybridized carbons (Fsp3) is 0.500. The van der Waals surface area contributed by atoms with Crippen LogP contribution < -0.4 is 5.32 Å². The van der Waals surface area contributed by atoms with Crippen molar-refractivity contribution in [2.45, 2.75) is 12.8 Å². The van der Waals surface area contributed by atoms with E-state index in [0.29, 0.717) is 11.6 Å². The Bertz CT molecular complexity index is 484. The summed E-state index contributed by atoms with van der Waals surface area (Å²) in [6, 6.07) is 4.14. The summed E-state index contributed by atoms with van der Waals surface area (Å²) >= 11 is 5.66. The number of amides is 1. The van der Waals surface area contributed by atoms with Gasteiger partial charge in [-0.25, -0.2) is 4.39 Å². The van der Waals surface area contributed by atoms with Crippen LogP contribution in [-0.2, 0) is 4.79 Å². The molecule has 1 saturated heterocycles. The summed E-state index contributed by atoms with van der Waals surface area (Å²) in [5, 5.41) is 12.0. The highest BCUT2D eigenvalue weighted by molar-refractivity contribution is 6.30. The van der Waals surface area contributed by atoms with Gasteiger partial charge in [-0.15, -0.1) is 0 Å². The highest BCUT2D eigenvalue weighted by atomic mass is 35.5. The Morgan fingerprint density at radius 2 is 2.35 bits per heavy atom. The second-order valence-corrected chi connectivity index (χ2v) is 5.53. The summed E-state index contributed by atoms with van der Waals surface area (Å²) in [7, 11) is 0. The molecule has 0 spiro atoms. The monoisotopic (exact) mass is 300 g/mol. The Morgan fingerprint density at radius 1 is 1.55 bits per heavy atom. The van der Waals surface area contributed by atoms with E-state index in [1.165, 1.54) is 18.2 Å². The first kappa shape index (κ1) is 15.2. The lowest BCUT2D eigenvalue weighted by molar-refractivity contribution is -0.117. The first-order valence-electron chi connectivity index (χ1n) is 6.66. The minimum atomic E-state index is -0.544. The Hall–Kier alpha value is -1.17. The molecule has 1 unspecified atom stereocenters. The smallest absolute Gasteiger partial charge is 0.238 e. The molecule has 0 aliphatic carbocycles. The molecule has 1 atom stereocenters. The average Bonchev–Trinajstić information content (AvgIpc) is 2.42. The van der Waals surface area contributed by atoms with E-state index in [2.05, 4.69) is 5.32 Å². The lowest BCUT2D eigenvalue weighted by Crippen LogP contribution is -2.41. The number of hydrogen-bond donors (Lipinski definition) is 2. The zero-order chi connectivity index (χ0) is 14.5. The summed E-state index contributed by atoms with van der Waals surface area (Å²) in [5.41, 5.74) is 0.134. The summed E-state index contributed by atoms with van der Waals surface area (Å²) in [6.45, 7) is 1.88. The van der Waals surface area contributed by atoms with Gasteiger partial charge in [0.25, 0.3) is 0 Å². The molecule has 20 heavy (non-hydrogen) atoms. The van der Waals surface area contributed by atoms with E-state index < -0.39 is 5.82 Å². The number of aliphatic hydroxyl groups excluding tert-OH is 1. The normalized spacial score (nSPS) is 19.9. The second kappa shape index (κ2) is 7.02. The molecule has 2 rings (SSSR count). The van der Waals surface area contributed by atoms with E-state index >= 15 is 0 Å². The van der Waals surface area contributed by atoms with Crippen molar-refractivity contribution < 1.29 is 14.3 Å². The molecule has 110 valence electrons. The van der Waals surface area contributed by atoms with Gasteiger partial charge in [-0.3, -0.25) is 9.69 Å². The van der Waals surface area contributed by atoms with Gasteiger partial charge < -0.3 is 10.4 Å². The molecule has 1 aromatic carbocycles. The molecule has 1 aliphatic rings. The summed E-state index contributed by atoms with van der Waals surface area (Å²) in [6.07, 6.45) is 1.95. The minimum absolute atomic E-state index is 0.134. The maximum Gasteiger partial charge on any atom is 0.238 e. The van der Waals surface area contributed by atoms with E-state index in [0.717, 1.165) is 19.4 Å². The molecule has 1 amide bonds. The highest BCUT2D eigenvalue weighted by Crippen LogP contribution is 2.19. The summed E-state index contributed by atoms with van der Waals surface area (Å²) in [5.74, 6) is -0.577. The lowest BCUT2D eigenvalue weighted by Gasteiger charge is -2.31. The van der Waals surface area contributed by atoms with Gasteiger partial charge in [0, 0.05) is 18.2 Å². The van der Waals surface area contributed by atoms with Crippen molar-refractivity contribution in [2.75, 3.05) is 31.6 Å².